The quantitative estimate of drug-likeness (QED) is 0.925. The van der Waals surface area contributed by atoms with E-state index in [2.05, 4.69) is 5.32 Å². The zero-order valence-electron chi connectivity index (χ0n) is 11.8. The van der Waals surface area contributed by atoms with Gasteiger partial charge in [0.05, 0.1) is 5.69 Å². The molecule has 1 N–H and O–H groups in total. The molecule has 0 aliphatic carbocycles. The molecule has 0 aliphatic heterocycles. The van der Waals surface area contributed by atoms with Crippen molar-refractivity contribution in [1.82, 2.24) is 0 Å². The fraction of sp³-hybridized carbons (Fsp3) is 0.429. The number of ether oxygens (including phenoxy) is 1. The molecule has 110 valence electrons. The lowest BCUT2D eigenvalue weighted by atomic mass is 10.1. The summed E-state index contributed by atoms with van der Waals surface area (Å²) in [6.45, 7) is 6.28. The maximum Gasteiger partial charge on any atom is 0.412 e. The van der Waals surface area contributed by atoms with Crippen LogP contribution in [0.5, 0.6) is 0 Å². The molecule has 0 fully saturated rings. The van der Waals surface area contributed by atoms with Crippen LogP contribution in [0.4, 0.5) is 19.3 Å². The number of benzene rings is 1. The zero-order chi connectivity index (χ0) is 15.5. The van der Waals surface area contributed by atoms with Crippen LogP contribution < -0.4 is 5.32 Å². The first kappa shape index (κ1) is 16.1. The van der Waals surface area contributed by atoms with Gasteiger partial charge < -0.3 is 4.74 Å². The van der Waals surface area contributed by atoms with Crippen molar-refractivity contribution in [2.24, 2.45) is 0 Å². The van der Waals surface area contributed by atoms with Crippen LogP contribution in [0.2, 0.25) is 0 Å². The smallest absolute Gasteiger partial charge is 0.412 e. The van der Waals surface area contributed by atoms with Crippen molar-refractivity contribution in [2.45, 2.75) is 39.7 Å². The predicted octanol–water partition coefficient (Wildman–Crippen LogP) is 3.44. The number of amides is 1. The van der Waals surface area contributed by atoms with Crippen molar-refractivity contribution in [2.75, 3.05) is 5.32 Å². The van der Waals surface area contributed by atoms with E-state index in [0.717, 1.165) is 6.07 Å². The number of carbonyl (C=O) groups is 2. The van der Waals surface area contributed by atoms with Gasteiger partial charge in [0.1, 0.15) is 11.4 Å². The van der Waals surface area contributed by atoms with Gasteiger partial charge in [0.25, 0.3) is 0 Å². The van der Waals surface area contributed by atoms with Crippen molar-refractivity contribution in [3.8, 4) is 0 Å². The van der Waals surface area contributed by atoms with Crippen LogP contribution in [-0.4, -0.2) is 17.5 Å². The number of ketones is 1. The van der Waals surface area contributed by atoms with Gasteiger partial charge >= 0.3 is 6.09 Å². The lowest BCUT2D eigenvalue weighted by molar-refractivity contribution is -0.116. The molecule has 0 bridgehead atoms. The van der Waals surface area contributed by atoms with E-state index < -0.39 is 23.3 Å². The fourth-order valence-electron chi connectivity index (χ4n) is 1.54. The Morgan fingerprint density at radius 2 is 1.85 bits per heavy atom. The zero-order valence-corrected chi connectivity index (χ0v) is 11.8. The van der Waals surface area contributed by atoms with Gasteiger partial charge in [0.15, 0.2) is 11.6 Å². The average molecular weight is 285 g/mol. The normalized spacial score (nSPS) is 11.1. The molecule has 20 heavy (non-hydrogen) atoms. The number of anilines is 1. The maximum atomic E-state index is 13.6. The third-order valence-corrected chi connectivity index (χ3v) is 2.18. The molecular weight excluding hydrogens is 268 g/mol. The van der Waals surface area contributed by atoms with Gasteiger partial charge in [-0.1, -0.05) is 0 Å². The minimum absolute atomic E-state index is 0.0415. The summed E-state index contributed by atoms with van der Waals surface area (Å²) in [5.41, 5.74) is -0.825. The molecule has 0 heterocycles. The van der Waals surface area contributed by atoms with Crippen LogP contribution in [0.1, 0.15) is 33.3 Å². The molecule has 0 radical (unpaired) electrons. The number of halogens is 2. The van der Waals surface area contributed by atoms with E-state index in [1.54, 1.807) is 20.8 Å². The van der Waals surface area contributed by atoms with Gasteiger partial charge in [0.2, 0.25) is 0 Å². The van der Waals surface area contributed by atoms with E-state index in [4.69, 9.17) is 4.74 Å². The highest BCUT2D eigenvalue weighted by molar-refractivity contribution is 5.85. The highest BCUT2D eigenvalue weighted by atomic mass is 19.2. The van der Waals surface area contributed by atoms with Crippen LogP contribution in [-0.2, 0) is 16.0 Å². The molecule has 0 aromatic heterocycles. The maximum absolute atomic E-state index is 13.6. The van der Waals surface area contributed by atoms with Gasteiger partial charge in [-0.15, -0.1) is 0 Å². The average Bonchev–Trinajstić information content (AvgIpc) is 2.21. The first-order chi connectivity index (χ1) is 9.08. The van der Waals surface area contributed by atoms with Crippen molar-refractivity contribution in [3.63, 3.8) is 0 Å². The largest absolute Gasteiger partial charge is 0.444 e. The second-order valence-corrected chi connectivity index (χ2v) is 5.44. The molecule has 0 aliphatic rings. The molecule has 0 saturated carbocycles. The van der Waals surface area contributed by atoms with Crippen LogP contribution in [0.25, 0.3) is 0 Å². The number of carbonyl (C=O) groups excluding carboxylic acids is 2. The van der Waals surface area contributed by atoms with Gasteiger partial charge in [-0.25, -0.2) is 13.6 Å². The molecule has 1 aromatic rings. The molecule has 0 spiro atoms. The van der Waals surface area contributed by atoms with Crippen LogP contribution in [0, 0.1) is 11.6 Å². The summed E-state index contributed by atoms with van der Waals surface area (Å²) in [5, 5.41) is 2.13. The number of rotatable bonds is 3. The Morgan fingerprint density at radius 3 is 2.35 bits per heavy atom. The molecule has 1 rings (SSSR count). The summed E-state index contributed by atoms with van der Waals surface area (Å²) in [7, 11) is 0. The highest BCUT2D eigenvalue weighted by Gasteiger charge is 2.19. The van der Waals surface area contributed by atoms with Crippen molar-refractivity contribution in [1.29, 1.82) is 0 Å². The molecule has 1 aromatic carbocycles. The Labute approximate surface area is 116 Å². The minimum atomic E-state index is -1.19. The van der Waals surface area contributed by atoms with E-state index in [1.807, 2.05) is 0 Å². The molecule has 0 atom stereocenters. The Morgan fingerprint density at radius 1 is 1.25 bits per heavy atom. The topological polar surface area (TPSA) is 55.4 Å². The third kappa shape index (κ3) is 4.95. The number of nitrogens with one attached hydrogen (secondary N) is 1. The summed E-state index contributed by atoms with van der Waals surface area (Å²) in [4.78, 5) is 22.5. The van der Waals surface area contributed by atoms with Crippen molar-refractivity contribution >= 4 is 17.6 Å². The monoisotopic (exact) mass is 285 g/mol. The van der Waals surface area contributed by atoms with E-state index in [1.165, 1.54) is 13.0 Å². The van der Waals surface area contributed by atoms with Crippen LogP contribution in [0.3, 0.4) is 0 Å². The molecular formula is C14H17F2NO3. The second kappa shape index (κ2) is 5.98. The first-order valence-electron chi connectivity index (χ1n) is 6.06. The van der Waals surface area contributed by atoms with Crippen LogP contribution in [0.15, 0.2) is 12.1 Å². The van der Waals surface area contributed by atoms with Gasteiger partial charge in [-0.3, -0.25) is 10.1 Å². The Hall–Kier alpha value is -1.98. The van der Waals surface area contributed by atoms with Crippen molar-refractivity contribution in [3.05, 3.63) is 29.3 Å². The predicted molar refractivity (Wildman–Crippen MR) is 70.6 cm³/mol. The minimum Gasteiger partial charge on any atom is -0.444 e. The number of hydrogen-bond donors (Lipinski definition) is 1. The highest BCUT2D eigenvalue weighted by Crippen LogP contribution is 2.21. The van der Waals surface area contributed by atoms with Gasteiger partial charge in [0, 0.05) is 6.42 Å². The molecule has 4 nitrogen and oxygen atoms in total. The third-order valence-electron chi connectivity index (χ3n) is 2.18. The lowest BCUT2D eigenvalue weighted by Gasteiger charge is -2.20. The number of Topliss-reactive ketones (excluding diaryl/α,β-unsaturated/α-hetero) is 1. The summed E-state index contributed by atoms with van der Waals surface area (Å²) < 4.78 is 31.9. The summed E-state index contributed by atoms with van der Waals surface area (Å²) in [6.07, 6.45) is -0.934. The number of hydrogen-bond acceptors (Lipinski definition) is 3. The Bertz CT molecular complexity index is 536. The standard InChI is InChI=1S/C14H17F2NO3/c1-8(18)5-9-6-10(15)12(16)11(7-9)17-13(19)20-14(2,3)4/h6-7H,5H2,1-4H3,(H,17,19). The van der Waals surface area contributed by atoms with Gasteiger partial charge in [-0.2, -0.15) is 0 Å². The van der Waals surface area contributed by atoms with E-state index in [-0.39, 0.29) is 23.5 Å². The molecule has 6 heteroatoms. The Balaban J connectivity index is 2.96. The SMILES string of the molecule is CC(=O)Cc1cc(F)c(F)c(NC(=O)OC(C)(C)C)c1. The fourth-order valence-corrected chi connectivity index (χ4v) is 1.54. The first-order valence-corrected chi connectivity index (χ1v) is 6.06. The lowest BCUT2D eigenvalue weighted by Crippen LogP contribution is -2.27. The summed E-state index contributed by atoms with van der Waals surface area (Å²) in [6, 6.07) is 2.14. The van der Waals surface area contributed by atoms with E-state index in [9.17, 15) is 18.4 Å². The summed E-state index contributed by atoms with van der Waals surface area (Å²) in [5.74, 6) is -2.52. The molecule has 0 saturated heterocycles. The summed E-state index contributed by atoms with van der Waals surface area (Å²) >= 11 is 0. The van der Waals surface area contributed by atoms with Crippen molar-refractivity contribution < 1.29 is 23.1 Å². The van der Waals surface area contributed by atoms with E-state index in [0.29, 0.717) is 0 Å². The van der Waals surface area contributed by atoms with Gasteiger partial charge in [-0.05, 0) is 45.4 Å². The van der Waals surface area contributed by atoms with Crippen LogP contribution >= 0.6 is 0 Å². The van der Waals surface area contributed by atoms with E-state index >= 15 is 0 Å². The molecule has 0 unspecified atom stereocenters. The molecule has 1 amide bonds. The second-order valence-electron chi connectivity index (χ2n) is 5.44. The Kier molecular flexibility index (Phi) is 4.81.